The lowest BCUT2D eigenvalue weighted by molar-refractivity contribution is -0.145. The van der Waals surface area contributed by atoms with E-state index in [0.717, 1.165) is 5.56 Å². The van der Waals surface area contributed by atoms with Crippen LogP contribution in [-0.4, -0.2) is 21.3 Å². The van der Waals surface area contributed by atoms with E-state index >= 15 is 0 Å². The van der Waals surface area contributed by atoms with Crippen LogP contribution in [-0.2, 0) is 16.0 Å². The second-order valence-corrected chi connectivity index (χ2v) is 7.06. The molecular formula is C21H26O4. The second-order valence-electron chi connectivity index (χ2n) is 7.06. The molecule has 0 aliphatic rings. The Bertz CT molecular complexity index is 678. The molecule has 25 heavy (non-hydrogen) atoms. The average Bonchev–Trinajstić information content (AvgIpc) is 2.60. The second kappa shape index (κ2) is 7.81. The number of hydrogen-bond donors (Lipinski definition) is 3. The van der Waals surface area contributed by atoms with Crippen LogP contribution in [0.15, 0.2) is 60.7 Å². The summed E-state index contributed by atoms with van der Waals surface area (Å²) in [6.45, 7) is 3.32. The molecule has 0 saturated heterocycles. The number of aliphatic hydroxyl groups is 2. The van der Waals surface area contributed by atoms with Gasteiger partial charge < -0.3 is 15.3 Å². The molecule has 3 unspecified atom stereocenters. The Morgan fingerprint density at radius 1 is 0.880 bits per heavy atom. The molecule has 4 nitrogen and oxygen atoms in total. The Morgan fingerprint density at radius 3 is 1.76 bits per heavy atom. The van der Waals surface area contributed by atoms with Crippen LogP contribution in [0.2, 0.25) is 0 Å². The lowest BCUT2D eigenvalue weighted by Gasteiger charge is -2.30. The summed E-state index contributed by atoms with van der Waals surface area (Å²) >= 11 is 0. The first-order valence-electron chi connectivity index (χ1n) is 8.51. The van der Waals surface area contributed by atoms with Crippen molar-refractivity contribution >= 4 is 5.97 Å². The summed E-state index contributed by atoms with van der Waals surface area (Å²) in [7, 11) is 0. The summed E-state index contributed by atoms with van der Waals surface area (Å²) < 4.78 is 0. The molecule has 2 aromatic rings. The fourth-order valence-electron chi connectivity index (χ4n) is 3.10. The zero-order valence-electron chi connectivity index (χ0n) is 14.7. The van der Waals surface area contributed by atoms with Crippen LogP contribution in [0.3, 0.4) is 0 Å². The first-order chi connectivity index (χ1) is 11.7. The zero-order chi connectivity index (χ0) is 18.5. The molecule has 3 atom stereocenters. The highest BCUT2D eigenvalue weighted by Crippen LogP contribution is 2.33. The van der Waals surface area contributed by atoms with Crippen molar-refractivity contribution in [1.82, 2.24) is 0 Å². The number of carboxylic acids is 1. The molecule has 4 heteroatoms. The monoisotopic (exact) mass is 342 g/mol. The van der Waals surface area contributed by atoms with Gasteiger partial charge in [0, 0.05) is 0 Å². The topological polar surface area (TPSA) is 77.8 Å². The summed E-state index contributed by atoms with van der Waals surface area (Å²) in [6.07, 6.45) is 0.677. The van der Waals surface area contributed by atoms with E-state index in [0.29, 0.717) is 12.0 Å². The van der Waals surface area contributed by atoms with Gasteiger partial charge in [-0.1, -0.05) is 60.7 Å². The SMILES string of the molecule is CC(O)(CCC(CC(C)(O)c1ccccc1)C(=O)O)c1ccccc1. The number of hydrogen-bond acceptors (Lipinski definition) is 3. The Hall–Kier alpha value is -2.17. The van der Waals surface area contributed by atoms with Gasteiger partial charge in [0.25, 0.3) is 0 Å². The Morgan fingerprint density at radius 2 is 1.32 bits per heavy atom. The van der Waals surface area contributed by atoms with Gasteiger partial charge in [0.05, 0.1) is 17.1 Å². The molecule has 0 aliphatic carbocycles. The van der Waals surface area contributed by atoms with E-state index in [1.165, 1.54) is 0 Å². The van der Waals surface area contributed by atoms with E-state index in [1.807, 2.05) is 48.5 Å². The first-order valence-corrected chi connectivity index (χ1v) is 8.51. The molecular weight excluding hydrogens is 316 g/mol. The lowest BCUT2D eigenvalue weighted by atomic mass is 9.81. The van der Waals surface area contributed by atoms with Crippen molar-refractivity contribution in [2.45, 2.75) is 44.3 Å². The van der Waals surface area contributed by atoms with Crippen molar-refractivity contribution in [3.63, 3.8) is 0 Å². The van der Waals surface area contributed by atoms with Crippen molar-refractivity contribution in [3.05, 3.63) is 71.8 Å². The van der Waals surface area contributed by atoms with Gasteiger partial charge in [0.15, 0.2) is 0 Å². The van der Waals surface area contributed by atoms with Crippen molar-refractivity contribution in [3.8, 4) is 0 Å². The maximum Gasteiger partial charge on any atom is 0.306 e. The van der Waals surface area contributed by atoms with Gasteiger partial charge in [-0.05, 0) is 44.2 Å². The number of aliphatic carboxylic acids is 1. The molecule has 134 valence electrons. The Labute approximate surface area is 148 Å². The third-order valence-corrected chi connectivity index (χ3v) is 4.76. The highest BCUT2D eigenvalue weighted by Gasteiger charge is 2.33. The quantitative estimate of drug-likeness (QED) is 0.684. The van der Waals surface area contributed by atoms with Gasteiger partial charge in [-0.2, -0.15) is 0 Å². The predicted octanol–water partition coefficient (Wildman–Crippen LogP) is 3.67. The number of carboxylic acid groups (broad SMARTS) is 1. The van der Waals surface area contributed by atoms with E-state index in [2.05, 4.69) is 0 Å². The Kier molecular flexibility index (Phi) is 5.98. The smallest absolute Gasteiger partial charge is 0.306 e. The van der Waals surface area contributed by atoms with E-state index in [9.17, 15) is 20.1 Å². The summed E-state index contributed by atoms with van der Waals surface area (Å²) in [5.41, 5.74) is -0.888. The highest BCUT2D eigenvalue weighted by atomic mass is 16.4. The Balaban J connectivity index is 2.08. The molecule has 0 radical (unpaired) electrons. The zero-order valence-corrected chi connectivity index (χ0v) is 14.7. The molecule has 0 fully saturated rings. The van der Waals surface area contributed by atoms with Crippen LogP contribution < -0.4 is 0 Å². The van der Waals surface area contributed by atoms with Crippen LogP contribution in [0.4, 0.5) is 0 Å². The van der Waals surface area contributed by atoms with Crippen LogP contribution in [0.5, 0.6) is 0 Å². The standard InChI is InChI=1S/C21H26O4/c1-20(24,17-9-5-3-6-10-17)14-13-16(19(22)23)15-21(2,25)18-11-7-4-8-12-18/h3-12,16,24-25H,13-15H2,1-2H3,(H,22,23). The van der Waals surface area contributed by atoms with Gasteiger partial charge in [0.2, 0.25) is 0 Å². The lowest BCUT2D eigenvalue weighted by Crippen LogP contribution is -2.30. The van der Waals surface area contributed by atoms with Crippen LogP contribution in [0.25, 0.3) is 0 Å². The van der Waals surface area contributed by atoms with E-state index in [4.69, 9.17) is 0 Å². The van der Waals surface area contributed by atoms with Crippen molar-refractivity contribution in [2.24, 2.45) is 5.92 Å². The fraction of sp³-hybridized carbons (Fsp3) is 0.381. The normalized spacial score (nSPS) is 17.3. The van der Waals surface area contributed by atoms with Crippen LogP contribution >= 0.6 is 0 Å². The van der Waals surface area contributed by atoms with E-state index < -0.39 is 23.1 Å². The molecule has 0 aliphatic heterocycles. The van der Waals surface area contributed by atoms with Crippen LogP contribution in [0.1, 0.15) is 44.2 Å². The molecule has 0 spiro atoms. The molecule has 3 N–H and O–H groups in total. The van der Waals surface area contributed by atoms with Gasteiger partial charge in [-0.3, -0.25) is 4.79 Å². The highest BCUT2D eigenvalue weighted by molar-refractivity contribution is 5.70. The van der Waals surface area contributed by atoms with Crippen LogP contribution in [0, 0.1) is 5.92 Å². The molecule has 0 amide bonds. The van der Waals surface area contributed by atoms with Crippen molar-refractivity contribution in [2.75, 3.05) is 0 Å². The summed E-state index contributed by atoms with van der Waals surface area (Å²) in [5.74, 6) is -1.70. The number of carbonyl (C=O) groups is 1. The van der Waals surface area contributed by atoms with E-state index in [1.54, 1.807) is 26.0 Å². The third-order valence-electron chi connectivity index (χ3n) is 4.76. The summed E-state index contributed by atoms with van der Waals surface area (Å²) in [4.78, 5) is 11.7. The minimum Gasteiger partial charge on any atom is -0.481 e. The molecule has 0 heterocycles. The minimum atomic E-state index is -1.23. The number of rotatable bonds is 8. The van der Waals surface area contributed by atoms with Gasteiger partial charge >= 0.3 is 5.97 Å². The van der Waals surface area contributed by atoms with Crippen molar-refractivity contribution in [1.29, 1.82) is 0 Å². The summed E-state index contributed by atoms with van der Waals surface area (Å²) in [6, 6.07) is 18.3. The molecule has 2 aromatic carbocycles. The maximum atomic E-state index is 11.7. The largest absolute Gasteiger partial charge is 0.481 e. The molecule has 0 saturated carbocycles. The fourth-order valence-corrected chi connectivity index (χ4v) is 3.10. The summed E-state index contributed by atoms with van der Waals surface area (Å²) in [5, 5.41) is 31.0. The van der Waals surface area contributed by atoms with Gasteiger partial charge in [-0.15, -0.1) is 0 Å². The van der Waals surface area contributed by atoms with E-state index in [-0.39, 0.29) is 12.8 Å². The van der Waals surface area contributed by atoms with Gasteiger partial charge in [-0.25, -0.2) is 0 Å². The molecule has 2 rings (SSSR count). The van der Waals surface area contributed by atoms with Gasteiger partial charge in [0.1, 0.15) is 0 Å². The third kappa shape index (κ3) is 5.15. The average molecular weight is 342 g/mol. The molecule has 0 bridgehead atoms. The van der Waals surface area contributed by atoms with Crippen molar-refractivity contribution < 1.29 is 20.1 Å². The first kappa shape index (κ1) is 19.2. The predicted molar refractivity (Wildman–Crippen MR) is 97.0 cm³/mol. The maximum absolute atomic E-state index is 11.7. The minimum absolute atomic E-state index is 0.0945. The number of benzene rings is 2. The molecule has 0 aromatic heterocycles.